The molecule has 1 aliphatic rings. The Bertz CT molecular complexity index is 368. The van der Waals surface area contributed by atoms with Gasteiger partial charge in [-0.2, -0.15) is 0 Å². The van der Waals surface area contributed by atoms with Crippen molar-refractivity contribution in [2.45, 2.75) is 38.7 Å². The summed E-state index contributed by atoms with van der Waals surface area (Å²) in [5, 5.41) is 0. The maximum absolute atomic E-state index is 11.8. The summed E-state index contributed by atoms with van der Waals surface area (Å²) in [6.07, 6.45) is 2.69. The van der Waals surface area contributed by atoms with E-state index in [-0.39, 0.29) is 17.5 Å². The fraction of sp³-hybridized carbons (Fsp3) is 0.500. The van der Waals surface area contributed by atoms with Crippen LogP contribution in [0.2, 0.25) is 0 Å². The van der Waals surface area contributed by atoms with Gasteiger partial charge in [0.05, 0.1) is 5.92 Å². The Morgan fingerprint density at radius 1 is 1.31 bits per heavy atom. The lowest BCUT2D eigenvalue weighted by Crippen LogP contribution is -2.38. The van der Waals surface area contributed by atoms with Crippen molar-refractivity contribution >= 4 is 5.97 Å². The molecule has 1 saturated heterocycles. The Kier molecular flexibility index (Phi) is 2.99. The number of benzene rings is 1. The van der Waals surface area contributed by atoms with Crippen molar-refractivity contribution in [3.05, 3.63) is 35.9 Å². The number of ether oxygens (including phenoxy) is 1. The molecular formula is C14H18O2. The van der Waals surface area contributed by atoms with Crippen molar-refractivity contribution in [1.82, 2.24) is 0 Å². The predicted molar refractivity (Wildman–Crippen MR) is 63.0 cm³/mol. The molecule has 2 rings (SSSR count). The predicted octanol–water partition coefficient (Wildman–Crippen LogP) is 2.96. The number of cyclic esters (lactones) is 1. The molecule has 1 atom stereocenters. The van der Waals surface area contributed by atoms with Gasteiger partial charge in [0.2, 0.25) is 0 Å². The van der Waals surface area contributed by atoms with E-state index in [1.54, 1.807) is 0 Å². The number of hydrogen-bond donors (Lipinski definition) is 0. The summed E-state index contributed by atoms with van der Waals surface area (Å²) in [4.78, 5) is 11.8. The summed E-state index contributed by atoms with van der Waals surface area (Å²) in [5.41, 5.74) is 0.939. The Balaban J connectivity index is 2.00. The van der Waals surface area contributed by atoms with Crippen LogP contribution in [-0.2, 0) is 16.0 Å². The highest BCUT2D eigenvalue weighted by Gasteiger charge is 2.34. The molecule has 86 valence electrons. The van der Waals surface area contributed by atoms with Crippen LogP contribution in [0.1, 0.15) is 32.3 Å². The number of esters is 1. The molecule has 0 unspecified atom stereocenters. The lowest BCUT2D eigenvalue weighted by atomic mass is 9.87. The molecular weight excluding hydrogens is 200 g/mol. The van der Waals surface area contributed by atoms with Gasteiger partial charge in [-0.3, -0.25) is 4.79 Å². The highest BCUT2D eigenvalue weighted by Crippen LogP contribution is 2.30. The van der Waals surface area contributed by atoms with Crippen LogP contribution in [-0.4, -0.2) is 11.6 Å². The largest absolute Gasteiger partial charge is 0.459 e. The zero-order chi connectivity index (χ0) is 11.6. The van der Waals surface area contributed by atoms with E-state index in [2.05, 4.69) is 12.1 Å². The molecule has 1 aliphatic heterocycles. The Labute approximate surface area is 96.6 Å². The third-order valence-corrected chi connectivity index (χ3v) is 3.13. The summed E-state index contributed by atoms with van der Waals surface area (Å²) < 4.78 is 5.42. The standard InChI is InChI=1S/C14H18O2/c1-14(2)9-8-12(13(15)16-14)10-11-6-4-3-5-7-11/h3-7,12H,8-10H2,1-2H3/t12-/m1/s1. The van der Waals surface area contributed by atoms with E-state index in [0.29, 0.717) is 0 Å². The minimum absolute atomic E-state index is 0.0374. The fourth-order valence-electron chi connectivity index (χ4n) is 2.13. The second-order valence-corrected chi connectivity index (χ2v) is 5.11. The second-order valence-electron chi connectivity index (χ2n) is 5.11. The molecule has 1 aromatic rings. The fourth-order valence-corrected chi connectivity index (χ4v) is 2.13. The zero-order valence-corrected chi connectivity index (χ0v) is 9.90. The van der Waals surface area contributed by atoms with Crippen LogP contribution in [0, 0.1) is 5.92 Å². The zero-order valence-electron chi connectivity index (χ0n) is 9.90. The summed E-state index contributed by atoms with van der Waals surface area (Å²) in [6, 6.07) is 10.1. The van der Waals surface area contributed by atoms with Crippen LogP contribution >= 0.6 is 0 Å². The van der Waals surface area contributed by atoms with Crippen LogP contribution in [0.15, 0.2) is 30.3 Å². The van der Waals surface area contributed by atoms with Crippen LogP contribution in [0.5, 0.6) is 0 Å². The molecule has 0 radical (unpaired) electrons. The Morgan fingerprint density at radius 3 is 2.62 bits per heavy atom. The maximum Gasteiger partial charge on any atom is 0.309 e. The molecule has 1 fully saturated rings. The molecule has 2 heteroatoms. The highest BCUT2D eigenvalue weighted by atomic mass is 16.6. The number of hydrogen-bond acceptors (Lipinski definition) is 2. The molecule has 1 heterocycles. The first-order chi connectivity index (χ1) is 7.57. The van der Waals surface area contributed by atoms with Gasteiger partial charge in [-0.05, 0) is 38.7 Å². The van der Waals surface area contributed by atoms with Crippen LogP contribution in [0.25, 0.3) is 0 Å². The number of rotatable bonds is 2. The molecule has 0 amide bonds. The van der Waals surface area contributed by atoms with E-state index in [1.807, 2.05) is 32.0 Å². The Hall–Kier alpha value is -1.31. The van der Waals surface area contributed by atoms with Crippen molar-refractivity contribution in [3.8, 4) is 0 Å². The normalized spacial score (nSPS) is 23.9. The van der Waals surface area contributed by atoms with Crippen molar-refractivity contribution in [1.29, 1.82) is 0 Å². The summed E-state index contributed by atoms with van der Waals surface area (Å²) in [6.45, 7) is 3.95. The molecule has 1 aromatic carbocycles. The molecule has 0 aromatic heterocycles. The molecule has 0 spiro atoms. The van der Waals surface area contributed by atoms with Crippen LogP contribution in [0.3, 0.4) is 0 Å². The average molecular weight is 218 g/mol. The number of carbonyl (C=O) groups excluding carboxylic acids is 1. The Morgan fingerprint density at radius 2 is 2.00 bits per heavy atom. The third kappa shape index (κ3) is 2.63. The first kappa shape index (κ1) is 11.2. The minimum atomic E-state index is -0.274. The van der Waals surface area contributed by atoms with Gasteiger partial charge in [-0.1, -0.05) is 30.3 Å². The topological polar surface area (TPSA) is 26.3 Å². The molecule has 0 bridgehead atoms. The third-order valence-electron chi connectivity index (χ3n) is 3.13. The first-order valence-electron chi connectivity index (χ1n) is 5.84. The van der Waals surface area contributed by atoms with Crippen molar-refractivity contribution in [2.75, 3.05) is 0 Å². The van der Waals surface area contributed by atoms with E-state index in [0.717, 1.165) is 19.3 Å². The molecule has 16 heavy (non-hydrogen) atoms. The summed E-state index contributed by atoms with van der Waals surface area (Å²) in [7, 11) is 0. The maximum atomic E-state index is 11.8. The van der Waals surface area contributed by atoms with E-state index in [4.69, 9.17) is 4.74 Å². The highest BCUT2D eigenvalue weighted by molar-refractivity contribution is 5.74. The first-order valence-corrected chi connectivity index (χ1v) is 5.84. The SMILES string of the molecule is CC1(C)CC[C@H](Cc2ccccc2)C(=O)O1. The minimum Gasteiger partial charge on any atom is -0.459 e. The van der Waals surface area contributed by atoms with E-state index < -0.39 is 0 Å². The molecule has 0 aliphatic carbocycles. The van der Waals surface area contributed by atoms with Gasteiger partial charge >= 0.3 is 5.97 Å². The van der Waals surface area contributed by atoms with Crippen molar-refractivity contribution in [3.63, 3.8) is 0 Å². The lowest BCUT2D eigenvalue weighted by molar-refractivity contribution is -0.169. The summed E-state index contributed by atoms with van der Waals surface area (Å²) >= 11 is 0. The average Bonchev–Trinajstić information content (AvgIpc) is 2.23. The van der Waals surface area contributed by atoms with Crippen molar-refractivity contribution < 1.29 is 9.53 Å². The van der Waals surface area contributed by atoms with Gasteiger partial charge in [0.25, 0.3) is 0 Å². The van der Waals surface area contributed by atoms with Crippen LogP contribution < -0.4 is 0 Å². The van der Waals surface area contributed by atoms with Crippen molar-refractivity contribution in [2.24, 2.45) is 5.92 Å². The number of carbonyl (C=O) groups is 1. The van der Waals surface area contributed by atoms with E-state index >= 15 is 0 Å². The molecule has 2 nitrogen and oxygen atoms in total. The van der Waals surface area contributed by atoms with Gasteiger partial charge in [0.15, 0.2) is 0 Å². The van der Waals surface area contributed by atoms with Gasteiger partial charge in [0, 0.05) is 0 Å². The molecule has 0 saturated carbocycles. The van der Waals surface area contributed by atoms with Gasteiger partial charge in [-0.25, -0.2) is 0 Å². The van der Waals surface area contributed by atoms with Gasteiger partial charge < -0.3 is 4.74 Å². The smallest absolute Gasteiger partial charge is 0.309 e. The quantitative estimate of drug-likeness (QED) is 0.713. The lowest BCUT2D eigenvalue weighted by Gasteiger charge is -2.33. The van der Waals surface area contributed by atoms with Gasteiger partial charge in [0.1, 0.15) is 5.60 Å². The van der Waals surface area contributed by atoms with Crippen LogP contribution in [0.4, 0.5) is 0 Å². The van der Waals surface area contributed by atoms with Gasteiger partial charge in [-0.15, -0.1) is 0 Å². The van der Waals surface area contributed by atoms with E-state index in [9.17, 15) is 4.79 Å². The monoisotopic (exact) mass is 218 g/mol. The summed E-state index contributed by atoms with van der Waals surface area (Å²) in [5.74, 6) is -0.00414. The van der Waals surface area contributed by atoms with E-state index in [1.165, 1.54) is 5.56 Å². The molecule has 0 N–H and O–H groups in total. The second kappa shape index (κ2) is 4.28.